The van der Waals surface area contributed by atoms with E-state index in [1.807, 2.05) is 0 Å². The van der Waals surface area contributed by atoms with Gasteiger partial charge in [0, 0.05) is 12.1 Å². The van der Waals surface area contributed by atoms with Crippen LogP contribution in [-0.4, -0.2) is 29.3 Å². The Morgan fingerprint density at radius 1 is 1.27 bits per heavy atom. The maximum atomic E-state index is 8.67. The molecule has 6 N–H and O–H groups in total. The molecule has 88 valence electrons. The number of unbranched alkanes of at least 4 members (excludes halogenated alkanes) is 1. The summed E-state index contributed by atoms with van der Waals surface area (Å²) in [5.74, 6) is 0.582. The molecule has 0 aromatic carbocycles. The molecule has 0 saturated heterocycles. The van der Waals surface area contributed by atoms with Crippen molar-refractivity contribution in [2.45, 2.75) is 56.9 Å². The summed E-state index contributed by atoms with van der Waals surface area (Å²) in [4.78, 5) is 0. The van der Waals surface area contributed by atoms with Crippen molar-refractivity contribution in [2.24, 2.45) is 17.4 Å². The van der Waals surface area contributed by atoms with Crippen LogP contribution in [0.5, 0.6) is 0 Å². The van der Waals surface area contributed by atoms with Crippen LogP contribution in [0.2, 0.25) is 6.32 Å². The van der Waals surface area contributed by atoms with Crippen molar-refractivity contribution in [1.29, 1.82) is 0 Å². The summed E-state index contributed by atoms with van der Waals surface area (Å²) < 4.78 is 0. The van der Waals surface area contributed by atoms with Gasteiger partial charge >= 0.3 is 7.12 Å². The fourth-order valence-electron chi connectivity index (χ4n) is 2.38. The number of nitrogens with two attached hydrogens (primary N) is 2. The monoisotopic (exact) mass is 214 g/mol. The Labute approximate surface area is 92.2 Å². The minimum Gasteiger partial charge on any atom is -0.427 e. The summed E-state index contributed by atoms with van der Waals surface area (Å²) in [6.45, 7) is 0. The average molecular weight is 214 g/mol. The molecule has 0 aromatic rings. The van der Waals surface area contributed by atoms with Crippen molar-refractivity contribution in [1.82, 2.24) is 0 Å². The Hall–Kier alpha value is -0.0951. The lowest BCUT2D eigenvalue weighted by Gasteiger charge is -2.18. The molecule has 0 spiro atoms. The van der Waals surface area contributed by atoms with Gasteiger partial charge in [-0.2, -0.15) is 0 Å². The zero-order valence-corrected chi connectivity index (χ0v) is 9.31. The van der Waals surface area contributed by atoms with Gasteiger partial charge in [0.05, 0.1) is 0 Å². The van der Waals surface area contributed by atoms with Crippen molar-refractivity contribution in [2.75, 3.05) is 0 Å². The molecular weight excluding hydrogens is 191 g/mol. The zero-order valence-electron chi connectivity index (χ0n) is 9.31. The van der Waals surface area contributed by atoms with E-state index in [0.29, 0.717) is 18.3 Å². The standard InChI is InChI=1S/C10H23BN2O2/c12-9-5-4-8(7-9)10(13)3-1-2-6-11(14)15/h8-10,14-15H,1-7,12-13H2/t8-,9-,10?/m0/s1. The Morgan fingerprint density at radius 2 is 2.00 bits per heavy atom. The molecule has 0 heterocycles. The summed E-state index contributed by atoms with van der Waals surface area (Å²) in [6.07, 6.45) is 6.57. The summed E-state index contributed by atoms with van der Waals surface area (Å²) in [6, 6.07) is 0.592. The highest BCUT2D eigenvalue weighted by atomic mass is 16.4. The van der Waals surface area contributed by atoms with Crippen molar-refractivity contribution >= 4 is 7.12 Å². The van der Waals surface area contributed by atoms with E-state index in [0.717, 1.165) is 38.5 Å². The zero-order chi connectivity index (χ0) is 11.3. The molecule has 0 aliphatic heterocycles. The highest BCUT2D eigenvalue weighted by Crippen LogP contribution is 2.28. The lowest BCUT2D eigenvalue weighted by molar-refractivity contribution is 0.383. The minimum atomic E-state index is -1.17. The average Bonchev–Trinajstić information content (AvgIpc) is 2.59. The topological polar surface area (TPSA) is 92.5 Å². The first-order valence-electron chi connectivity index (χ1n) is 5.97. The molecular formula is C10H23BN2O2. The first-order valence-corrected chi connectivity index (χ1v) is 5.97. The molecule has 1 fully saturated rings. The van der Waals surface area contributed by atoms with Crippen LogP contribution in [0, 0.1) is 5.92 Å². The van der Waals surface area contributed by atoms with E-state index >= 15 is 0 Å². The molecule has 5 heteroatoms. The number of hydrogen-bond donors (Lipinski definition) is 4. The van der Waals surface area contributed by atoms with Gasteiger partial charge in [0.2, 0.25) is 0 Å². The van der Waals surface area contributed by atoms with Crippen molar-refractivity contribution in [3.05, 3.63) is 0 Å². The van der Waals surface area contributed by atoms with Gasteiger partial charge in [0.15, 0.2) is 0 Å². The molecule has 1 aliphatic rings. The van der Waals surface area contributed by atoms with E-state index in [4.69, 9.17) is 21.5 Å². The fraction of sp³-hybridized carbons (Fsp3) is 1.00. The Bertz CT molecular complexity index is 181. The van der Waals surface area contributed by atoms with Gasteiger partial charge in [0.25, 0.3) is 0 Å². The van der Waals surface area contributed by atoms with Crippen LogP contribution in [0.4, 0.5) is 0 Å². The third-order valence-corrected chi connectivity index (χ3v) is 3.37. The van der Waals surface area contributed by atoms with E-state index in [2.05, 4.69) is 0 Å². The van der Waals surface area contributed by atoms with E-state index in [1.165, 1.54) is 0 Å². The fourth-order valence-corrected chi connectivity index (χ4v) is 2.38. The normalized spacial score (nSPS) is 28.0. The van der Waals surface area contributed by atoms with Gasteiger partial charge in [-0.1, -0.05) is 12.8 Å². The first-order chi connectivity index (χ1) is 7.09. The largest absolute Gasteiger partial charge is 0.451 e. The van der Waals surface area contributed by atoms with Crippen molar-refractivity contribution in [3.8, 4) is 0 Å². The minimum absolute atomic E-state index is 0.245. The van der Waals surface area contributed by atoms with Crippen LogP contribution >= 0.6 is 0 Å². The highest BCUT2D eigenvalue weighted by molar-refractivity contribution is 6.40. The summed E-state index contributed by atoms with van der Waals surface area (Å²) in [5.41, 5.74) is 11.9. The number of hydrogen-bond acceptors (Lipinski definition) is 4. The molecule has 0 amide bonds. The van der Waals surface area contributed by atoms with E-state index in [1.54, 1.807) is 0 Å². The van der Waals surface area contributed by atoms with Gasteiger partial charge in [-0.3, -0.25) is 0 Å². The third-order valence-electron chi connectivity index (χ3n) is 3.37. The third kappa shape index (κ3) is 4.97. The summed E-state index contributed by atoms with van der Waals surface area (Å²) in [5, 5.41) is 17.3. The lowest BCUT2D eigenvalue weighted by atomic mass is 9.82. The van der Waals surface area contributed by atoms with E-state index in [-0.39, 0.29) is 6.04 Å². The summed E-state index contributed by atoms with van der Waals surface area (Å²) >= 11 is 0. The van der Waals surface area contributed by atoms with E-state index < -0.39 is 7.12 Å². The SMILES string of the molecule is NC(CCCCB(O)O)[C@H]1CC[C@H](N)C1. The quantitative estimate of drug-likeness (QED) is 0.372. The molecule has 3 atom stereocenters. The maximum Gasteiger partial charge on any atom is 0.451 e. The van der Waals surface area contributed by atoms with Gasteiger partial charge in [-0.05, 0) is 37.9 Å². The van der Waals surface area contributed by atoms with Crippen LogP contribution in [0.15, 0.2) is 0 Å². The molecule has 1 unspecified atom stereocenters. The lowest BCUT2D eigenvalue weighted by Crippen LogP contribution is -2.29. The van der Waals surface area contributed by atoms with Crippen LogP contribution in [0.25, 0.3) is 0 Å². The second-order valence-electron chi connectivity index (χ2n) is 4.76. The molecule has 1 aliphatic carbocycles. The maximum absolute atomic E-state index is 8.67. The molecule has 1 rings (SSSR count). The molecule has 0 bridgehead atoms. The Morgan fingerprint density at radius 3 is 2.53 bits per heavy atom. The molecule has 4 nitrogen and oxygen atoms in total. The van der Waals surface area contributed by atoms with Crippen molar-refractivity contribution < 1.29 is 10.0 Å². The molecule has 15 heavy (non-hydrogen) atoms. The van der Waals surface area contributed by atoms with Gasteiger partial charge in [0.1, 0.15) is 0 Å². The predicted octanol–water partition coefficient (Wildman–Crippen LogP) is 0.0842. The number of rotatable bonds is 6. The highest BCUT2D eigenvalue weighted by Gasteiger charge is 2.26. The van der Waals surface area contributed by atoms with Crippen molar-refractivity contribution in [3.63, 3.8) is 0 Å². The van der Waals surface area contributed by atoms with E-state index in [9.17, 15) is 0 Å². The van der Waals surface area contributed by atoms with Gasteiger partial charge in [-0.15, -0.1) is 0 Å². The van der Waals surface area contributed by atoms with Crippen LogP contribution in [0.3, 0.4) is 0 Å². The Balaban J connectivity index is 2.05. The van der Waals surface area contributed by atoms with Crippen LogP contribution < -0.4 is 11.5 Å². The smallest absolute Gasteiger partial charge is 0.427 e. The molecule has 0 aromatic heterocycles. The molecule has 1 saturated carbocycles. The second kappa shape index (κ2) is 6.48. The van der Waals surface area contributed by atoms with Gasteiger partial charge in [-0.25, -0.2) is 0 Å². The van der Waals surface area contributed by atoms with Gasteiger partial charge < -0.3 is 21.5 Å². The molecule has 0 radical (unpaired) electrons. The predicted molar refractivity (Wildman–Crippen MR) is 62.1 cm³/mol. The summed E-state index contributed by atoms with van der Waals surface area (Å²) in [7, 11) is -1.17. The second-order valence-corrected chi connectivity index (χ2v) is 4.76. The first kappa shape index (κ1) is 13.0. The Kier molecular flexibility index (Phi) is 5.60. The van der Waals surface area contributed by atoms with Crippen LogP contribution in [0.1, 0.15) is 38.5 Å². The van der Waals surface area contributed by atoms with Crippen LogP contribution in [-0.2, 0) is 0 Å².